The summed E-state index contributed by atoms with van der Waals surface area (Å²) in [5, 5.41) is 13.1. The van der Waals surface area contributed by atoms with Crippen LogP contribution in [0.4, 0.5) is 0 Å². The molecule has 2 N–H and O–H groups in total. The second kappa shape index (κ2) is 5.07. The van der Waals surface area contributed by atoms with Gasteiger partial charge in [-0.05, 0) is 5.41 Å². The van der Waals surface area contributed by atoms with E-state index in [4.69, 9.17) is 5.11 Å². The first-order chi connectivity index (χ1) is 8.50. The fourth-order valence-corrected chi connectivity index (χ4v) is 3.93. The molecule has 0 aromatic carbocycles. The molecule has 0 unspecified atom stereocenters. The van der Waals surface area contributed by atoms with Gasteiger partial charge in [0.15, 0.2) is 5.70 Å². The summed E-state index contributed by atoms with van der Waals surface area (Å²) in [6, 6.07) is 0. The van der Waals surface area contributed by atoms with Gasteiger partial charge in [-0.3, -0.25) is 14.5 Å². The Morgan fingerprint density at radius 1 is 1.61 bits per heavy atom. The molecule has 0 saturated carbocycles. The van der Waals surface area contributed by atoms with Gasteiger partial charge in [-0.1, -0.05) is 23.5 Å². The Balaban J connectivity index is 2.07. The van der Waals surface area contributed by atoms with Gasteiger partial charge in [0.25, 0.3) is 0 Å². The second-order valence-electron chi connectivity index (χ2n) is 3.60. The molecule has 0 radical (unpaired) electrons. The molecule has 0 aromatic rings. The first-order valence-electron chi connectivity index (χ1n) is 5.05. The monoisotopic (exact) mass is 286 g/mol. The number of nitrogens with one attached hydrogen (secondary N) is 1. The zero-order chi connectivity index (χ0) is 13.3. The molecule has 2 heterocycles. The molecule has 8 heteroatoms. The Hall–Kier alpha value is -1.41. The molecule has 0 aliphatic carbocycles. The van der Waals surface area contributed by atoms with Gasteiger partial charge in [0, 0.05) is 13.1 Å². The zero-order valence-electron chi connectivity index (χ0n) is 9.37. The van der Waals surface area contributed by atoms with E-state index >= 15 is 0 Å². The minimum absolute atomic E-state index is 0.0405. The summed E-state index contributed by atoms with van der Waals surface area (Å²) in [5.74, 6) is -1.46. The van der Waals surface area contributed by atoms with Crippen molar-refractivity contribution in [2.75, 3.05) is 0 Å². The lowest BCUT2D eigenvalue weighted by Gasteiger charge is -2.33. The predicted octanol–water partition coefficient (Wildman–Crippen LogP) is 0.886. The number of hydrogen-bond donors (Lipinski definition) is 2. The molecule has 2 aliphatic rings. The summed E-state index contributed by atoms with van der Waals surface area (Å²) < 4.78 is 0.569. The van der Waals surface area contributed by atoms with Gasteiger partial charge in [-0.25, -0.2) is 4.79 Å². The van der Waals surface area contributed by atoms with Crippen molar-refractivity contribution in [3.05, 3.63) is 21.5 Å². The smallest absolute Gasteiger partial charge is 0.354 e. The Morgan fingerprint density at radius 3 is 2.89 bits per heavy atom. The van der Waals surface area contributed by atoms with Gasteiger partial charge in [0.1, 0.15) is 0 Å². The number of carboxylic acids is 1. The molecule has 2 rings (SSSR count). The van der Waals surface area contributed by atoms with Crippen LogP contribution in [0.15, 0.2) is 21.5 Å². The van der Waals surface area contributed by atoms with Crippen LogP contribution < -0.4 is 5.32 Å². The highest BCUT2D eigenvalue weighted by Crippen LogP contribution is 2.50. The summed E-state index contributed by atoms with van der Waals surface area (Å²) >= 11 is 2.55. The van der Waals surface area contributed by atoms with Crippen LogP contribution in [0.5, 0.6) is 0 Å². The van der Waals surface area contributed by atoms with Gasteiger partial charge < -0.3 is 10.4 Å². The molecule has 18 heavy (non-hydrogen) atoms. The molecule has 2 amide bonds. The molecule has 0 bridgehead atoms. The van der Waals surface area contributed by atoms with Gasteiger partial charge in [0.2, 0.25) is 11.8 Å². The van der Waals surface area contributed by atoms with Crippen LogP contribution in [-0.2, 0) is 14.4 Å². The van der Waals surface area contributed by atoms with Crippen molar-refractivity contribution in [3.63, 3.8) is 0 Å². The Morgan fingerprint density at radius 2 is 2.33 bits per heavy atom. The summed E-state index contributed by atoms with van der Waals surface area (Å²) in [6.45, 7) is 1.38. The number of carbonyl (C=O) groups excluding carboxylic acids is 2. The quantitative estimate of drug-likeness (QED) is 0.746. The van der Waals surface area contributed by atoms with Crippen LogP contribution in [0.25, 0.3) is 0 Å². The van der Waals surface area contributed by atoms with E-state index < -0.39 is 5.97 Å². The second-order valence-corrected chi connectivity index (χ2v) is 5.97. The zero-order valence-corrected chi connectivity index (χ0v) is 11.0. The highest BCUT2D eigenvalue weighted by atomic mass is 32.2. The molecule has 1 atom stereocenters. The number of carboxylic acid groups (broad SMARTS) is 1. The van der Waals surface area contributed by atoms with Crippen LogP contribution in [0.1, 0.15) is 13.3 Å². The Kier molecular flexibility index (Phi) is 3.67. The number of aliphatic carboxylic acids is 1. The molecule has 2 aliphatic heterocycles. The largest absolute Gasteiger partial charge is 0.477 e. The first-order valence-corrected chi connectivity index (χ1v) is 6.81. The van der Waals surface area contributed by atoms with E-state index in [1.54, 1.807) is 5.41 Å². The maximum absolute atomic E-state index is 11.3. The molecule has 0 spiro atoms. The average Bonchev–Trinajstić information content (AvgIpc) is 2.57. The lowest BCUT2D eigenvalue weighted by Crippen LogP contribution is -2.48. The number of fused-ring (bicyclic) bond motifs is 1. The number of hydrogen-bond acceptors (Lipinski definition) is 5. The van der Waals surface area contributed by atoms with E-state index in [1.807, 2.05) is 0 Å². The van der Waals surface area contributed by atoms with Crippen molar-refractivity contribution in [1.82, 2.24) is 10.2 Å². The summed E-state index contributed by atoms with van der Waals surface area (Å²) in [5.41, 5.74) is 0.0405. The maximum atomic E-state index is 11.3. The van der Waals surface area contributed by atoms with E-state index in [1.165, 1.54) is 41.5 Å². The highest BCUT2D eigenvalue weighted by Gasteiger charge is 2.48. The number of carbonyl (C=O) groups is 3. The third kappa shape index (κ3) is 2.39. The van der Waals surface area contributed by atoms with E-state index in [9.17, 15) is 14.4 Å². The Bertz CT molecular complexity index is 486. The molecule has 0 aromatic heterocycles. The number of amides is 2. The number of rotatable bonds is 4. The minimum Gasteiger partial charge on any atom is -0.477 e. The fraction of sp³-hybridized carbons (Fsp3) is 0.300. The van der Waals surface area contributed by atoms with Crippen LogP contribution in [-0.4, -0.2) is 33.2 Å². The highest BCUT2D eigenvalue weighted by molar-refractivity contribution is 8.24. The van der Waals surface area contributed by atoms with E-state index in [-0.39, 0.29) is 22.9 Å². The average molecular weight is 286 g/mol. The van der Waals surface area contributed by atoms with Gasteiger partial charge >= 0.3 is 5.97 Å². The van der Waals surface area contributed by atoms with E-state index in [2.05, 4.69) is 5.32 Å². The molecular weight excluding hydrogens is 276 g/mol. The standard InChI is InChI=1S/C10H10N2O4S2/c1-5(13)11-2-3-17-10-8(9(15)16)12-6(14)4-7(12)18-10/h2-3,7H,4H2,1H3,(H,11,13)(H,15,16)/b3-2-/t7-/m1/s1. The lowest BCUT2D eigenvalue weighted by atomic mass is 10.2. The van der Waals surface area contributed by atoms with Crippen LogP contribution >= 0.6 is 23.5 Å². The SMILES string of the molecule is CC(=O)N/C=C\SC1=C(C(=O)O)N2C(=O)C[C@H]2S1. The topological polar surface area (TPSA) is 86.7 Å². The number of nitrogens with zero attached hydrogens (tertiary/aromatic N) is 1. The summed E-state index contributed by atoms with van der Waals surface area (Å²) in [4.78, 5) is 34.4. The van der Waals surface area contributed by atoms with Crippen molar-refractivity contribution in [2.45, 2.75) is 18.7 Å². The first kappa shape index (κ1) is 13.0. The van der Waals surface area contributed by atoms with Gasteiger partial charge in [-0.15, -0.1) is 0 Å². The number of β-lactam (4-membered cyclic amide) rings is 1. The fourth-order valence-electron chi connectivity index (χ4n) is 1.55. The van der Waals surface area contributed by atoms with Crippen molar-refractivity contribution in [3.8, 4) is 0 Å². The predicted molar refractivity (Wildman–Crippen MR) is 68.1 cm³/mol. The third-order valence-electron chi connectivity index (χ3n) is 2.32. The van der Waals surface area contributed by atoms with Crippen LogP contribution in [0.2, 0.25) is 0 Å². The third-order valence-corrected chi connectivity index (χ3v) is 4.63. The van der Waals surface area contributed by atoms with Crippen LogP contribution in [0.3, 0.4) is 0 Å². The molecule has 1 fully saturated rings. The minimum atomic E-state index is -1.10. The van der Waals surface area contributed by atoms with E-state index in [0.29, 0.717) is 10.7 Å². The molecular formula is C10H10N2O4S2. The van der Waals surface area contributed by atoms with Crippen molar-refractivity contribution in [1.29, 1.82) is 0 Å². The molecule has 6 nitrogen and oxygen atoms in total. The van der Waals surface area contributed by atoms with Crippen molar-refractivity contribution < 1.29 is 19.5 Å². The van der Waals surface area contributed by atoms with E-state index in [0.717, 1.165) is 0 Å². The van der Waals surface area contributed by atoms with Crippen molar-refractivity contribution in [2.24, 2.45) is 0 Å². The molecule has 1 saturated heterocycles. The van der Waals surface area contributed by atoms with Crippen LogP contribution in [0, 0.1) is 0 Å². The molecule has 96 valence electrons. The number of thioether (sulfide) groups is 2. The summed E-state index contributed by atoms with van der Waals surface area (Å²) in [7, 11) is 0. The summed E-state index contributed by atoms with van der Waals surface area (Å²) in [6.07, 6.45) is 1.82. The van der Waals surface area contributed by atoms with Gasteiger partial charge in [0.05, 0.1) is 16.0 Å². The Labute approximate surface area is 111 Å². The maximum Gasteiger partial charge on any atom is 0.354 e. The van der Waals surface area contributed by atoms with Gasteiger partial charge in [-0.2, -0.15) is 0 Å². The lowest BCUT2D eigenvalue weighted by molar-refractivity contribution is -0.145. The van der Waals surface area contributed by atoms with Crippen molar-refractivity contribution >= 4 is 41.3 Å². The normalized spacial score (nSPS) is 22.2.